The number of thiophene rings is 1. The van der Waals surface area contributed by atoms with Crippen LogP contribution in [0, 0.1) is 11.3 Å². The van der Waals surface area contributed by atoms with Gasteiger partial charge in [0.1, 0.15) is 12.2 Å². The summed E-state index contributed by atoms with van der Waals surface area (Å²) in [4.78, 5) is 41.7. The number of carbonyl (C=O) groups is 3. The second-order valence-electron chi connectivity index (χ2n) is 11.4. The van der Waals surface area contributed by atoms with Crippen molar-refractivity contribution in [3.05, 3.63) is 101 Å². The van der Waals surface area contributed by atoms with Crippen molar-refractivity contribution in [3.8, 4) is 22.3 Å². The summed E-state index contributed by atoms with van der Waals surface area (Å²) >= 11 is 1.67. The highest BCUT2D eigenvalue weighted by atomic mass is 32.2. The average Bonchev–Trinajstić information content (AvgIpc) is 3.71. The number of rotatable bonds is 12. The Balaban J connectivity index is 1.17. The number of sulfonamides is 1. The summed E-state index contributed by atoms with van der Waals surface area (Å²) in [5.41, 5.74) is 1.11. The Bertz CT molecular complexity index is 1880. The molecule has 12 heteroatoms. The minimum Gasteiger partial charge on any atom is -0.478 e. The topological polar surface area (TPSA) is 146 Å². The standard InChI is InChI=1S/C34H32N4O6S2/c1-34(2,33(41)37-46(42,43)29-16-10-23(21-35)11-17-29)44-28-6-3-5-26(19-28)36-31(39)20-32(40)38(27-14-15-27)22-24-8-12-25(13-9-24)30-7-4-18-45-30/h3-13,16-19,27H,14-15,20,22H2,1-2H3,(H,36,39)(H,37,41). The molecule has 10 nitrogen and oxygen atoms in total. The largest absolute Gasteiger partial charge is 0.478 e. The van der Waals surface area contributed by atoms with Crippen molar-refractivity contribution in [2.24, 2.45) is 0 Å². The zero-order valence-electron chi connectivity index (χ0n) is 25.2. The average molecular weight is 657 g/mol. The minimum absolute atomic E-state index is 0.114. The molecule has 3 amide bonds. The molecule has 0 unspecified atom stereocenters. The zero-order valence-corrected chi connectivity index (χ0v) is 26.9. The molecule has 1 aromatic heterocycles. The van der Waals surface area contributed by atoms with Gasteiger partial charge in [-0.2, -0.15) is 5.26 Å². The number of nitriles is 1. The van der Waals surface area contributed by atoms with E-state index in [4.69, 9.17) is 10.00 Å². The second kappa shape index (κ2) is 13.6. The van der Waals surface area contributed by atoms with E-state index in [0.29, 0.717) is 12.2 Å². The van der Waals surface area contributed by atoms with Gasteiger partial charge in [-0.3, -0.25) is 14.4 Å². The highest BCUT2D eigenvalue weighted by Crippen LogP contribution is 2.30. The fraction of sp³-hybridized carbons (Fsp3) is 0.235. The number of nitrogens with one attached hydrogen (secondary N) is 2. The normalized spacial score (nSPS) is 12.9. The summed E-state index contributed by atoms with van der Waals surface area (Å²) in [6.45, 7) is 3.23. The van der Waals surface area contributed by atoms with E-state index in [1.165, 1.54) is 49.1 Å². The predicted molar refractivity (Wildman–Crippen MR) is 174 cm³/mol. The Morgan fingerprint density at radius 1 is 1.00 bits per heavy atom. The smallest absolute Gasteiger partial charge is 0.277 e. The molecule has 1 heterocycles. The van der Waals surface area contributed by atoms with Crippen molar-refractivity contribution in [1.29, 1.82) is 5.26 Å². The van der Waals surface area contributed by atoms with Crippen molar-refractivity contribution >= 4 is 44.8 Å². The maximum Gasteiger partial charge on any atom is 0.277 e. The van der Waals surface area contributed by atoms with Crippen LogP contribution in [0.1, 0.15) is 44.2 Å². The van der Waals surface area contributed by atoms with E-state index in [1.54, 1.807) is 34.4 Å². The first-order valence-corrected chi connectivity index (χ1v) is 16.9. The molecule has 0 saturated heterocycles. The zero-order chi connectivity index (χ0) is 32.9. The highest BCUT2D eigenvalue weighted by Gasteiger charge is 2.35. The summed E-state index contributed by atoms with van der Waals surface area (Å²) in [6, 6.07) is 25.6. The third-order valence-electron chi connectivity index (χ3n) is 7.29. The third-order valence-corrected chi connectivity index (χ3v) is 9.56. The predicted octanol–water partition coefficient (Wildman–Crippen LogP) is 5.47. The van der Waals surface area contributed by atoms with Crippen LogP contribution in [-0.2, 0) is 31.0 Å². The number of amides is 3. The lowest BCUT2D eigenvalue weighted by molar-refractivity contribution is -0.135. The van der Waals surface area contributed by atoms with Crippen LogP contribution in [-0.4, -0.2) is 42.7 Å². The van der Waals surface area contributed by atoms with Gasteiger partial charge < -0.3 is 15.0 Å². The maximum absolute atomic E-state index is 13.2. The molecule has 1 saturated carbocycles. The fourth-order valence-electron chi connectivity index (χ4n) is 4.66. The van der Waals surface area contributed by atoms with Crippen LogP contribution < -0.4 is 14.8 Å². The highest BCUT2D eigenvalue weighted by molar-refractivity contribution is 7.90. The van der Waals surface area contributed by atoms with E-state index < -0.39 is 27.4 Å². The van der Waals surface area contributed by atoms with Gasteiger partial charge in [0.15, 0.2) is 5.60 Å². The lowest BCUT2D eigenvalue weighted by Gasteiger charge is -2.25. The molecule has 0 aliphatic heterocycles. The van der Waals surface area contributed by atoms with E-state index >= 15 is 0 Å². The second-order valence-corrected chi connectivity index (χ2v) is 14.0. The first kappa shape index (κ1) is 32.4. The molecule has 2 N–H and O–H groups in total. The number of anilines is 1. The Morgan fingerprint density at radius 3 is 2.35 bits per heavy atom. The summed E-state index contributed by atoms with van der Waals surface area (Å²) in [5.74, 6) is -1.48. The fourth-order valence-corrected chi connectivity index (χ4v) is 6.49. The van der Waals surface area contributed by atoms with Crippen molar-refractivity contribution < 1.29 is 27.5 Å². The molecule has 0 radical (unpaired) electrons. The first-order valence-electron chi connectivity index (χ1n) is 14.5. The van der Waals surface area contributed by atoms with Gasteiger partial charge in [-0.15, -0.1) is 11.3 Å². The number of hydrogen-bond acceptors (Lipinski definition) is 8. The van der Waals surface area contributed by atoms with Crippen molar-refractivity contribution in [2.45, 2.75) is 56.2 Å². The van der Waals surface area contributed by atoms with Crippen LogP contribution in [0.25, 0.3) is 10.4 Å². The van der Waals surface area contributed by atoms with E-state index in [1.807, 2.05) is 46.5 Å². The van der Waals surface area contributed by atoms with Crippen LogP contribution in [0.4, 0.5) is 5.69 Å². The maximum atomic E-state index is 13.2. The molecule has 3 aromatic carbocycles. The molecule has 236 valence electrons. The molecule has 0 bridgehead atoms. The van der Waals surface area contributed by atoms with E-state index in [0.717, 1.165) is 24.0 Å². The molecule has 1 fully saturated rings. The summed E-state index contributed by atoms with van der Waals surface area (Å²) in [7, 11) is -4.22. The third kappa shape index (κ3) is 8.18. The van der Waals surface area contributed by atoms with Gasteiger partial charge in [-0.25, -0.2) is 13.1 Å². The van der Waals surface area contributed by atoms with Gasteiger partial charge in [0.2, 0.25) is 11.8 Å². The minimum atomic E-state index is -4.22. The number of nitrogens with zero attached hydrogens (tertiary/aromatic N) is 2. The van der Waals surface area contributed by atoms with Crippen LogP contribution in [0.2, 0.25) is 0 Å². The Kier molecular flexibility index (Phi) is 9.55. The van der Waals surface area contributed by atoms with Crippen LogP contribution in [0.3, 0.4) is 0 Å². The summed E-state index contributed by atoms with van der Waals surface area (Å²) in [5, 5.41) is 13.7. The number of hydrogen-bond donors (Lipinski definition) is 2. The van der Waals surface area contributed by atoms with Gasteiger partial charge in [-0.1, -0.05) is 36.4 Å². The molecule has 4 aromatic rings. The molecule has 1 aliphatic carbocycles. The Hall–Kier alpha value is -4.99. The lowest BCUT2D eigenvalue weighted by atomic mass is 10.1. The lowest BCUT2D eigenvalue weighted by Crippen LogP contribution is -2.48. The summed E-state index contributed by atoms with van der Waals surface area (Å²) < 4.78 is 33.2. The monoisotopic (exact) mass is 656 g/mol. The van der Waals surface area contributed by atoms with Gasteiger partial charge in [0.05, 0.1) is 16.5 Å². The van der Waals surface area contributed by atoms with Gasteiger partial charge in [-0.05, 0) is 85.7 Å². The molecule has 0 atom stereocenters. The van der Waals surface area contributed by atoms with Crippen molar-refractivity contribution in [1.82, 2.24) is 9.62 Å². The Morgan fingerprint density at radius 2 is 1.72 bits per heavy atom. The number of ether oxygens (including phenoxy) is 1. The van der Waals surface area contributed by atoms with Crippen molar-refractivity contribution in [2.75, 3.05) is 5.32 Å². The SMILES string of the molecule is CC(C)(Oc1cccc(NC(=O)CC(=O)N(Cc2ccc(-c3cccs3)cc2)C2CC2)c1)C(=O)NS(=O)(=O)c1ccc(C#N)cc1. The van der Waals surface area contributed by atoms with Crippen LogP contribution >= 0.6 is 11.3 Å². The molecule has 46 heavy (non-hydrogen) atoms. The van der Waals surface area contributed by atoms with Crippen LogP contribution in [0.5, 0.6) is 5.75 Å². The molecular formula is C34H32N4O6S2. The molecule has 5 rings (SSSR count). The number of carbonyl (C=O) groups excluding carboxylic acids is 3. The summed E-state index contributed by atoms with van der Waals surface area (Å²) in [6.07, 6.45) is 1.46. The quantitative estimate of drug-likeness (QED) is 0.192. The first-order chi connectivity index (χ1) is 21.9. The molecule has 1 aliphatic rings. The van der Waals surface area contributed by atoms with Gasteiger partial charge in [0, 0.05) is 29.2 Å². The molecule has 0 spiro atoms. The molecular weight excluding hydrogens is 625 g/mol. The van der Waals surface area contributed by atoms with Crippen LogP contribution in [0.15, 0.2) is 95.2 Å². The van der Waals surface area contributed by atoms with E-state index in [-0.39, 0.29) is 34.6 Å². The van der Waals surface area contributed by atoms with Gasteiger partial charge >= 0.3 is 0 Å². The van der Waals surface area contributed by atoms with E-state index in [2.05, 4.69) is 11.4 Å². The Labute approximate surface area is 271 Å². The van der Waals surface area contributed by atoms with E-state index in [9.17, 15) is 22.8 Å². The number of benzene rings is 3. The van der Waals surface area contributed by atoms with Crippen molar-refractivity contribution in [3.63, 3.8) is 0 Å². The van der Waals surface area contributed by atoms with Gasteiger partial charge in [0.25, 0.3) is 15.9 Å².